The first-order valence-electron chi connectivity index (χ1n) is 8.95. The molecule has 0 spiro atoms. The van der Waals surface area contributed by atoms with E-state index in [0.29, 0.717) is 5.92 Å². The lowest BCUT2D eigenvalue weighted by atomic mass is 10.1. The summed E-state index contributed by atoms with van der Waals surface area (Å²) in [6.07, 6.45) is 9.37. The molecule has 4 nitrogen and oxygen atoms in total. The van der Waals surface area contributed by atoms with Crippen LogP contribution < -0.4 is 4.90 Å². The van der Waals surface area contributed by atoms with Gasteiger partial charge in [-0.15, -0.1) is 0 Å². The second kappa shape index (κ2) is 8.17. The molecular weight excluding hydrogens is 310 g/mol. The van der Waals surface area contributed by atoms with Crippen LogP contribution in [-0.4, -0.2) is 36.9 Å². The van der Waals surface area contributed by atoms with Gasteiger partial charge in [0.15, 0.2) is 0 Å². The topological polar surface area (TPSA) is 28.1 Å². The average molecular weight is 337 g/mol. The molecule has 1 unspecified atom stereocenters. The molecular formula is C21H27N3O. The summed E-state index contributed by atoms with van der Waals surface area (Å²) >= 11 is 0. The highest BCUT2D eigenvalue weighted by atomic mass is 16.5. The summed E-state index contributed by atoms with van der Waals surface area (Å²) in [5.41, 5.74) is 4.31. The van der Waals surface area contributed by atoms with Gasteiger partial charge in [0.1, 0.15) is 0 Å². The van der Waals surface area contributed by atoms with Crippen molar-refractivity contribution in [3.05, 3.63) is 61.1 Å². The summed E-state index contributed by atoms with van der Waals surface area (Å²) in [5.74, 6) is 0.528. The summed E-state index contributed by atoms with van der Waals surface area (Å²) < 4.78 is 5.42. The molecule has 1 aromatic rings. The molecule has 0 radical (unpaired) electrons. The van der Waals surface area contributed by atoms with Crippen molar-refractivity contribution in [1.29, 1.82) is 0 Å². The number of rotatable bonds is 4. The zero-order chi connectivity index (χ0) is 17.6. The smallest absolute Gasteiger partial charge is 0.0642 e. The first kappa shape index (κ1) is 17.5. The van der Waals surface area contributed by atoms with Crippen LogP contribution in [0.15, 0.2) is 66.1 Å². The van der Waals surface area contributed by atoms with Crippen molar-refractivity contribution in [1.82, 2.24) is 4.90 Å². The number of anilines is 1. The molecule has 25 heavy (non-hydrogen) atoms. The molecule has 2 aliphatic rings. The van der Waals surface area contributed by atoms with E-state index in [1.54, 1.807) is 0 Å². The third-order valence-electron chi connectivity index (χ3n) is 4.63. The van der Waals surface area contributed by atoms with Crippen LogP contribution in [0.4, 0.5) is 11.4 Å². The maximum absolute atomic E-state index is 5.42. The number of hydrogen-bond acceptors (Lipinski definition) is 4. The van der Waals surface area contributed by atoms with E-state index >= 15 is 0 Å². The summed E-state index contributed by atoms with van der Waals surface area (Å²) in [6, 6.07) is 8.46. The Morgan fingerprint density at radius 3 is 2.64 bits per heavy atom. The van der Waals surface area contributed by atoms with E-state index < -0.39 is 0 Å². The van der Waals surface area contributed by atoms with Crippen LogP contribution in [0, 0.1) is 5.92 Å². The molecule has 0 amide bonds. The third-order valence-corrected chi connectivity index (χ3v) is 4.63. The predicted molar refractivity (Wildman–Crippen MR) is 105 cm³/mol. The molecule has 1 saturated heterocycles. The second-order valence-corrected chi connectivity index (χ2v) is 6.55. The average Bonchev–Trinajstić information content (AvgIpc) is 2.84. The van der Waals surface area contributed by atoms with Crippen molar-refractivity contribution in [2.45, 2.75) is 20.3 Å². The number of ether oxygens (including phenoxy) is 1. The molecule has 1 fully saturated rings. The first-order valence-corrected chi connectivity index (χ1v) is 8.95. The number of benzene rings is 1. The van der Waals surface area contributed by atoms with Crippen molar-refractivity contribution < 1.29 is 4.74 Å². The number of aliphatic imine (C=N–C) groups is 1. The minimum atomic E-state index is 0.528. The maximum atomic E-state index is 5.42. The van der Waals surface area contributed by atoms with E-state index in [0.717, 1.165) is 49.8 Å². The van der Waals surface area contributed by atoms with E-state index in [1.807, 2.05) is 11.1 Å². The van der Waals surface area contributed by atoms with Gasteiger partial charge < -0.3 is 14.5 Å². The van der Waals surface area contributed by atoms with Crippen LogP contribution in [0.1, 0.15) is 20.3 Å². The highest BCUT2D eigenvalue weighted by Gasteiger charge is 2.13. The summed E-state index contributed by atoms with van der Waals surface area (Å²) in [6.45, 7) is 11.7. The molecule has 0 N–H and O–H groups in total. The van der Waals surface area contributed by atoms with Crippen molar-refractivity contribution >= 4 is 17.1 Å². The normalized spacial score (nSPS) is 21.8. The molecule has 0 bridgehead atoms. The van der Waals surface area contributed by atoms with Crippen LogP contribution in [0.5, 0.6) is 0 Å². The monoisotopic (exact) mass is 337 g/mol. The standard InChI is InChI=1S/C21H27N3O/c1-4-23-12-11-17(2)5-10-21(23)18(3)22-19-6-8-20(9-7-19)24-13-15-25-16-14-24/h4,6-12,17H,1,5,13-16H2,2-3H3. The molecule has 1 atom stereocenters. The number of nitrogens with zero attached hydrogens (tertiary/aromatic N) is 3. The Morgan fingerprint density at radius 2 is 1.96 bits per heavy atom. The highest BCUT2D eigenvalue weighted by molar-refractivity contribution is 5.99. The fourth-order valence-corrected chi connectivity index (χ4v) is 3.11. The largest absolute Gasteiger partial charge is 0.378 e. The maximum Gasteiger partial charge on any atom is 0.0642 e. The molecule has 132 valence electrons. The van der Waals surface area contributed by atoms with Crippen LogP contribution in [0.2, 0.25) is 0 Å². The Hall–Kier alpha value is -2.33. The molecule has 4 heteroatoms. The minimum Gasteiger partial charge on any atom is -0.378 e. The molecule has 2 heterocycles. The Kier molecular flexibility index (Phi) is 5.71. The molecule has 0 aromatic heterocycles. The van der Waals surface area contributed by atoms with Crippen LogP contribution in [0.3, 0.4) is 0 Å². The SMILES string of the molecule is C=CN1C=CC(C)CC=C1C(C)=Nc1ccc(N2CCOCC2)cc1. The van der Waals surface area contributed by atoms with Crippen LogP contribution >= 0.6 is 0 Å². The van der Waals surface area contributed by atoms with Crippen LogP contribution in [0.25, 0.3) is 0 Å². The van der Waals surface area contributed by atoms with Crippen molar-refractivity contribution in [2.24, 2.45) is 10.9 Å². The van der Waals surface area contributed by atoms with Gasteiger partial charge in [0.25, 0.3) is 0 Å². The van der Waals surface area contributed by atoms with Crippen molar-refractivity contribution in [2.75, 3.05) is 31.2 Å². The quantitative estimate of drug-likeness (QED) is 0.757. The minimum absolute atomic E-state index is 0.528. The first-order chi connectivity index (χ1) is 12.2. The fourth-order valence-electron chi connectivity index (χ4n) is 3.11. The van der Waals surface area contributed by atoms with Gasteiger partial charge in [-0.1, -0.05) is 25.7 Å². The lowest BCUT2D eigenvalue weighted by Gasteiger charge is -2.28. The van der Waals surface area contributed by atoms with Crippen molar-refractivity contribution in [3.63, 3.8) is 0 Å². The second-order valence-electron chi connectivity index (χ2n) is 6.55. The number of hydrogen-bond donors (Lipinski definition) is 0. The van der Waals surface area contributed by atoms with Gasteiger partial charge in [-0.25, -0.2) is 0 Å². The van der Waals surface area contributed by atoms with E-state index in [1.165, 1.54) is 5.69 Å². The predicted octanol–water partition coefficient (Wildman–Crippen LogP) is 4.50. The van der Waals surface area contributed by atoms with Gasteiger partial charge in [-0.05, 0) is 43.5 Å². The summed E-state index contributed by atoms with van der Waals surface area (Å²) in [4.78, 5) is 9.21. The van der Waals surface area contributed by atoms with Gasteiger partial charge in [-0.3, -0.25) is 4.99 Å². The fraction of sp³-hybridized carbons (Fsp3) is 0.381. The lowest BCUT2D eigenvalue weighted by molar-refractivity contribution is 0.122. The third kappa shape index (κ3) is 4.40. The van der Waals surface area contributed by atoms with Gasteiger partial charge in [-0.2, -0.15) is 0 Å². The summed E-state index contributed by atoms with van der Waals surface area (Å²) in [7, 11) is 0. The lowest BCUT2D eigenvalue weighted by Crippen LogP contribution is -2.36. The van der Waals surface area contributed by atoms with E-state index in [9.17, 15) is 0 Å². The molecule has 3 rings (SSSR count). The molecule has 0 saturated carbocycles. The zero-order valence-corrected chi connectivity index (χ0v) is 15.2. The van der Waals surface area contributed by atoms with E-state index in [2.05, 4.69) is 67.9 Å². The van der Waals surface area contributed by atoms with E-state index in [4.69, 9.17) is 9.73 Å². The number of allylic oxidation sites excluding steroid dienone is 3. The molecule has 0 aliphatic carbocycles. The van der Waals surface area contributed by atoms with Gasteiger partial charge in [0, 0.05) is 31.2 Å². The zero-order valence-electron chi connectivity index (χ0n) is 15.2. The summed E-state index contributed by atoms with van der Waals surface area (Å²) in [5, 5.41) is 0. The van der Waals surface area contributed by atoms with Crippen molar-refractivity contribution in [3.8, 4) is 0 Å². The molecule has 2 aliphatic heterocycles. The van der Waals surface area contributed by atoms with Crippen LogP contribution in [-0.2, 0) is 4.74 Å². The number of morpholine rings is 1. The van der Waals surface area contributed by atoms with Gasteiger partial charge >= 0.3 is 0 Å². The van der Waals surface area contributed by atoms with E-state index in [-0.39, 0.29) is 0 Å². The van der Waals surface area contributed by atoms with Gasteiger partial charge in [0.2, 0.25) is 0 Å². The Balaban J connectivity index is 1.77. The van der Waals surface area contributed by atoms with Gasteiger partial charge in [0.05, 0.1) is 30.3 Å². The molecule has 1 aromatic carbocycles. The Bertz CT molecular complexity index is 682. The Labute approximate surface area is 150 Å². The Morgan fingerprint density at radius 1 is 1.24 bits per heavy atom. The highest BCUT2D eigenvalue weighted by Crippen LogP contribution is 2.23.